The van der Waals surface area contributed by atoms with Crippen molar-refractivity contribution in [3.8, 4) is 5.75 Å². The first-order chi connectivity index (χ1) is 7.24. The molecule has 0 atom stereocenters. The summed E-state index contributed by atoms with van der Waals surface area (Å²) in [5.41, 5.74) is 0. The third-order valence-electron chi connectivity index (χ3n) is 1.98. The first-order valence-electron chi connectivity index (χ1n) is 4.96. The van der Waals surface area contributed by atoms with Crippen LogP contribution < -0.4 is 10.1 Å². The van der Waals surface area contributed by atoms with E-state index in [0.29, 0.717) is 16.8 Å². The number of halogens is 2. The number of unbranched alkanes of at least 4 members (excludes halogenated alkanes) is 1. The normalized spacial score (nSPS) is 10.3. The molecule has 1 aromatic rings. The molecule has 1 aromatic carbocycles. The third kappa shape index (κ3) is 4.62. The molecule has 0 bridgehead atoms. The number of ether oxygens (including phenoxy) is 1. The van der Waals surface area contributed by atoms with Crippen molar-refractivity contribution in [3.05, 3.63) is 28.5 Å². The van der Waals surface area contributed by atoms with Gasteiger partial charge in [0.25, 0.3) is 0 Å². The summed E-state index contributed by atoms with van der Waals surface area (Å²) in [7, 11) is 1.92. The van der Waals surface area contributed by atoms with Gasteiger partial charge in [-0.2, -0.15) is 0 Å². The van der Waals surface area contributed by atoms with Crippen LogP contribution in [0.1, 0.15) is 12.8 Å². The van der Waals surface area contributed by atoms with Gasteiger partial charge in [-0.1, -0.05) is 0 Å². The van der Waals surface area contributed by atoms with E-state index in [9.17, 15) is 4.39 Å². The molecule has 84 valence electrons. The van der Waals surface area contributed by atoms with Crippen molar-refractivity contribution in [2.75, 3.05) is 20.2 Å². The Morgan fingerprint density at radius 3 is 2.87 bits per heavy atom. The van der Waals surface area contributed by atoms with Gasteiger partial charge in [-0.3, -0.25) is 0 Å². The summed E-state index contributed by atoms with van der Waals surface area (Å²) in [6.45, 7) is 1.61. The maximum Gasteiger partial charge on any atom is 0.141 e. The predicted molar refractivity (Wildman–Crippen MR) is 62.8 cm³/mol. The van der Waals surface area contributed by atoms with E-state index in [-0.39, 0.29) is 5.82 Å². The molecule has 0 unspecified atom stereocenters. The Labute approximate surface area is 98.0 Å². The summed E-state index contributed by atoms with van der Waals surface area (Å²) >= 11 is 3.09. The van der Waals surface area contributed by atoms with E-state index in [4.69, 9.17) is 4.74 Å². The van der Waals surface area contributed by atoms with E-state index in [1.54, 1.807) is 12.1 Å². The topological polar surface area (TPSA) is 21.3 Å². The van der Waals surface area contributed by atoms with Crippen molar-refractivity contribution in [1.82, 2.24) is 5.32 Å². The fourth-order valence-corrected chi connectivity index (χ4v) is 1.41. The van der Waals surface area contributed by atoms with Crippen LogP contribution in [0.15, 0.2) is 22.7 Å². The predicted octanol–water partition coefficient (Wildman–Crippen LogP) is 2.97. The molecule has 0 saturated heterocycles. The number of rotatable bonds is 6. The maximum atomic E-state index is 13.1. The summed E-state index contributed by atoms with van der Waals surface area (Å²) in [6, 6.07) is 4.80. The van der Waals surface area contributed by atoms with Gasteiger partial charge in [0, 0.05) is 6.07 Å². The van der Waals surface area contributed by atoms with E-state index in [1.807, 2.05) is 7.05 Å². The largest absolute Gasteiger partial charge is 0.493 e. The number of hydrogen-bond acceptors (Lipinski definition) is 2. The van der Waals surface area contributed by atoms with Gasteiger partial charge in [0.15, 0.2) is 0 Å². The van der Waals surface area contributed by atoms with Gasteiger partial charge >= 0.3 is 0 Å². The summed E-state index contributed by atoms with van der Waals surface area (Å²) < 4.78 is 18.9. The lowest BCUT2D eigenvalue weighted by Gasteiger charge is -2.06. The van der Waals surface area contributed by atoms with E-state index in [1.165, 1.54) is 6.07 Å². The second-order valence-electron chi connectivity index (χ2n) is 3.24. The molecule has 0 amide bonds. The molecule has 0 aliphatic rings. The van der Waals surface area contributed by atoms with Gasteiger partial charge in [-0.15, -0.1) is 0 Å². The molecule has 0 aromatic heterocycles. The molecule has 0 heterocycles. The van der Waals surface area contributed by atoms with Crippen LogP contribution in [-0.4, -0.2) is 20.2 Å². The van der Waals surface area contributed by atoms with Gasteiger partial charge in [0.2, 0.25) is 0 Å². The third-order valence-corrected chi connectivity index (χ3v) is 2.62. The Bertz CT molecular complexity index is 307. The van der Waals surface area contributed by atoms with Crippen molar-refractivity contribution >= 4 is 15.9 Å². The summed E-state index contributed by atoms with van der Waals surface area (Å²) in [5.74, 6) is 0.294. The highest BCUT2D eigenvalue weighted by molar-refractivity contribution is 9.10. The van der Waals surface area contributed by atoms with E-state index in [2.05, 4.69) is 21.2 Å². The molecule has 15 heavy (non-hydrogen) atoms. The molecule has 0 aliphatic heterocycles. The molecule has 1 rings (SSSR count). The van der Waals surface area contributed by atoms with E-state index in [0.717, 1.165) is 19.4 Å². The van der Waals surface area contributed by atoms with Crippen LogP contribution in [-0.2, 0) is 0 Å². The Kier molecular flexibility index (Phi) is 5.65. The average molecular weight is 276 g/mol. The monoisotopic (exact) mass is 275 g/mol. The van der Waals surface area contributed by atoms with Gasteiger partial charge in [0.05, 0.1) is 11.1 Å². The quantitative estimate of drug-likeness (QED) is 0.806. The molecular formula is C11H15BrFNO. The van der Waals surface area contributed by atoms with Gasteiger partial charge in [0.1, 0.15) is 11.6 Å². The zero-order chi connectivity index (χ0) is 11.1. The average Bonchev–Trinajstić information content (AvgIpc) is 2.23. The van der Waals surface area contributed by atoms with Crippen LogP contribution in [0, 0.1) is 5.82 Å². The van der Waals surface area contributed by atoms with Crippen LogP contribution in [0.4, 0.5) is 4.39 Å². The first-order valence-corrected chi connectivity index (χ1v) is 5.76. The standard InChI is InChI=1S/C11H15BrFNO/c1-14-6-2-3-7-15-9-4-5-10(12)11(13)8-9/h4-5,8,14H,2-3,6-7H2,1H3. The number of benzene rings is 1. The zero-order valence-electron chi connectivity index (χ0n) is 8.72. The Morgan fingerprint density at radius 2 is 2.20 bits per heavy atom. The highest BCUT2D eigenvalue weighted by Gasteiger charge is 2.00. The van der Waals surface area contributed by atoms with Crippen molar-refractivity contribution in [1.29, 1.82) is 0 Å². The first kappa shape index (κ1) is 12.5. The summed E-state index contributed by atoms with van der Waals surface area (Å²) in [4.78, 5) is 0. The Balaban J connectivity index is 2.28. The Morgan fingerprint density at radius 1 is 1.40 bits per heavy atom. The molecule has 0 radical (unpaired) electrons. The van der Waals surface area contributed by atoms with Gasteiger partial charge in [-0.05, 0) is 54.5 Å². The van der Waals surface area contributed by atoms with E-state index < -0.39 is 0 Å². The fraction of sp³-hybridized carbons (Fsp3) is 0.455. The molecule has 4 heteroatoms. The molecule has 0 saturated carbocycles. The SMILES string of the molecule is CNCCCCOc1ccc(Br)c(F)c1. The second kappa shape index (κ2) is 6.80. The lowest BCUT2D eigenvalue weighted by Crippen LogP contribution is -2.09. The molecule has 0 spiro atoms. The smallest absolute Gasteiger partial charge is 0.141 e. The van der Waals surface area contributed by atoms with Crippen molar-refractivity contribution in [2.24, 2.45) is 0 Å². The second-order valence-corrected chi connectivity index (χ2v) is 4.09. The minimum Gasteiger partial charge on any atom is -0.493 e. The molecule has 2 nitrogen and oxygen atoms in total. The highest BCUT2D eigenvalue weighted by Crippen LogP contribution is 2.20. The lowest BCUT2D eigenvalue weighted by atomic mass is 10.3. The molecule has 1 N–H and O–H groups in total. The van der Waals surface area contributed by atoms with Crippen molar-refractivity contribution in [3.63, 3.8) is 0 Å². The minimum absolute atomic E-state index is 0.289. The van der Waals surface area contributed by atoms with Gasteiger partial charge in [-0.25, -0.2) is 4.39 Å². The fourth-order valence-electron chi connectivity index (χ4n) is 1.16. The molecule has 0 fully saturated rings. The Hall–Kier alpha value is -0.610. The summed E-state index contributed by atoms with van der Waals surface area (Å²) in [6.07, 6.45) is 2.04. The van der Waals surface area contributed by atoms with Crippen LogP contribution >= 0.6 is 15.9 Å². The number of hydrogen-bond donors (Lipinski definition) is 1. The lowest BCUT2D eigenvalue weighted by molar-refractivity contribution is 0.305. The van der Waals surface area contributed by atoms with Crippen molar-refractivity contribution < 1.29 is 9.13 Å². The molecule has 0 aliphatic carbocycles. The van der Waals surface area contributed by atoms with Crippen molar-refractivity contribution in [2.45, 2.75) is 12.8 Å². The maximum absolute atomic E-state index is 13.1. The van der Waals surface area contributed by atoms with E-state index >= 15 is 0 Å². The van der Waals surface area contributed by atoms with Crippen LogP contribution in [0.5, 0.6) is 5.75 Å². The number of nitrogens with one attached hydrogen (secondary N) is 1. The van der Waals surface area contributed by atoms with Crippen LogP contribution in [0.25, 0.3) is 0 Å². The minimum atomic E-state index is -0.289. The van der Waals surface area contributed by atoms with Gasteiger partial charge < -0.3 is 10.1 Å². The van der Waals surface area contributed by atoms with Crippen LogP contribution in [0.2, 0.25) is 0 Å². The summed E-state index contributed by atoms with van der Waals surface area (Å²) in [5, 5.41) is 3.06. The zero-order valence-corrected chi connectivity index (χ0v) is 10.3. The van der Waals surface area contributed by atoms with Crippen LogP contribution in [0.3, 0.4) is 0 Å². The highest BCUT2D eigenvalue weighted by atomic mass is 79.9. The molecular weight excluding hydrogens is 261 g/mol.